The van der Waals surface area contributed by atoms with Gasteiger partial charge in [-0.15, -0.1) is 0 Å². The quantitative estimate of drug-likeness (QED) is 0.215. The molecule has 2 aromatic heterocycles. The number of benzene rings is 3. The summed E-state index contributed by atoms with van der Waals surface area (Å²) in [6.07, 6.45) is 4.64. The van der Waals surface area contributed by atoms with Crippen molar-refractivity contribution in [1.29, 1.82) is 0 Å². The topological polar surface area (TPSA) is 106 Å². The number of ether oxygens (including phenoxy) is 1. The summed E-state index contributed by atoms with van der Waals surface area (Å²) in [6, 6.07) is 23.5. The van der Waals surface area contributed by atoms with Gasteiger partial charge < -0.3 is 9.72 Å². The third-order valence-electron chi connectivity index (χ3n) is 6.57. The highest BCUT2D eigenvalue weighted by molar-refractivity contribution is 5.83. The molecule has 0 aliphatic rings. The molecule has 2 N–H and O–H groups in total. The number of methoxy groups -OCH3 is 1. The number of hydrazone groups is 1. The Labute approximate surface area is 225 Å². The molecule has 1 amide bonds. The van der Waals surface area contributed by atoms with E-state index in [-0.39, 0.29) is 12.2 Å². The van der Waals surface area contributed by atoms with Crippen LogP contribution >= 0.6 is 0 Å². The first-order chi connectivity index (χ1) is 19.0. The molecular formula is C30H30N6O3. The summed E-state index contributed by atoms with van der Waals surface area (Å²) in [5.74, 6) is 0.903. The third kappa shape index (κ3) is 6.15. The monoisotopic (exact) mass is 522 g/mol. The van der Waals surface area contributed by atoms with Gasteiger partial charge in [0, 0.05) is 30.1 Å². The van der Waals surface area contributed by atoms with E-state index in [2.05, 4.69) is 26.7 Å². The number of hydrogen-bond donors (Lipinski definition) is 2. The van der Waals surface area contributed by atoms with Crippen LogP contribution in [-0.4, -0.2) is 38.6 Å². The maximum Gasteiger partial charge on any atom is 0.346 e. The number of fused-ring (bicyclic) bond motifs is 1. The van der Waals surface area contributed by atoms with E-state index in [0.717, 1.165) is 38.9 Å². The number of nitrogens with one attached hydrogen (secondary N) is 2. The number of rotatable bonds is 10. The summed E-state index contributed by atoms with van der Waals surface area (Å²) < 4.78 is 8.01. The molecule has 2 heterocycles. The van der Waals surface area contributed by atoms with E-state index >= 15 is 0 Å². The minimum Gasteiger partial charge on any atom is -0.497 e. The minimum absolute atomic E-state index is 0.236. The van der Waals surface area contributed by atoms with Crippen LogP contribution in [0.2, 0.25) is 0 Å². The Morgan fingerprint density at radius 2 is 1.85 bits per heavy atom. The lowest BCUT2D eigenvalue weighted by Crippen LogP contribution is -2.32. The zero-order chi connectivity index (χ0) is 27.2. The van der Waals surface area contributed by atoms with Crippen LogP contribution < -0.4 is 15.9 Å². The Hall–Kier alpha value is -4.92. The lowest BCUT2D eigenvalue weighted by Gasteiger charge is -2.06. The first-order valence-electron chi connectivity index (χ1n) is 12.7. The van der Waals surface area contributed by atoms with Crippen molar-refractivity contribution in [1.82, 2.24) is 24.8 Å². The van der Waals surface area contributed by atoms with Crippen molar-refractivity contribution in [3.05, 3.63) is 118 Å². The van der Waals surface area contributed by atoms with Gasteiger partial charge in [0.15, 0.2) is 0 Å². The molecule has 0 aliphatic heterocycles. The molecule has 3 aromatic carbocycles. The van der Waals surface area contributed by atoms with Crippen molar-refractivity contribution in [2.24, 2.45) is 5.10 Å². The van der Waals surface area contributed by atoms with Gasteiger partial charge in [-0.05, 0) is 60.4 Å². The summed E-state index contributed by atoms with van der Waals surface area (Å²) in [5, 5.41) is 9.69. The zero-order valence-corrected chi connectivity index (χ0v) is 21.9. The molecule has 0 unspecified atom stereocenters. The van der Waals surface area contributed by atoms with Gasteiger partial charge >= 0.3 is 5.69 Å². The number of aromatic amines is 1. The van der Waals surface area contributed by atoms with E-state index in [1.54, 1.807) is 23.8 Å². The van der Waals surface area contributed by atoms with Crippen molar-refractivity contribution >= 4 is 23.0 Å². The van der Waals surface area contributed by atoms with Crippen LogP contribution in [0.1, 0.15) is 28.1 Å². The maximum atomic E-state index is 13.4. The molecular weight excluding hydrogens is 492 g/mol. The molecule has 9 heteroatoms. The Kier molecular flexibility index (Phi) is 7.68. The van der Waals surface area contributed by atoms with Crippen LogP contribution in [0, 0.1) is 6.92 Å². The summed E-state index contributed by atoms with van der Waals surface area (Å²) in [7, 11) is 1.60. The predicted molar refractivity (Wildman–Crippen MR) is 151 cm³/mol. The van der Waals surface area contributed by atoms with Gasteiger partial charge in [0.05, 0.1) is 13.3 Å². The molecule has 198 valence electrons. The van der Waals surface area contributed by atoms with Gasteiger partial charge in [-0.25, -0.2) is 14.9 Å². The molecule has 39 heavy (non-hydrogen) atoms. The standard InChI is InChI=1S/C30H30N6O3/c1-21-7-9-22(10-8-21)17-28-34-36(20-29(37)33-32-18-23-11-13-25(39-2)14-12-23)30(38)35(28)16-15-24-19-31-27-6-4-3-5-26(24)27/h3-14,18-19,31H,15-17,20H2,1-2H3,(H,33,37)/b32-18+. The number of H-pyrrole nitrogens is 1. The Balaban J connectivity index is 1.33. The van der Waals surface area contributed by atoms with Crippen molar-refractivity contribution in [2.45, 2.75) is 32.9 Å². The van der Waals surface area contributed by atoms with Gasteiger partial charge in [0.2, 0.25) is 0 Å². The van der Waals surface area contributed by atoms with Gasteiger partial charge in [0.1, 0.15) is 18.1 Å². The van der Waals surface area contributed by atoms with Gasteiger partial charge in [0.25, 0.3) is 5.91 Å². The number of nitrogens with zero attached hydrogens (tertiary/aromatic N) is 4. The van der Waals surface area contributed by atoms with Crippen molar-refractivity contribution in [2.75, 3.05) is 7.11 Å². The molecule has 5 aromatic rings. The highest BCUT2D eigenvalue weighted by atomic mass is 16.5. The summed E-state index contributed by atoms with van der Waals surface area (Å²) >= 11 is 0. The maximum absolute atomic E-state index is 13.4. The SMILES string of the molecule is COc1ccc(/C=N/NC(=O)Cn2nc(Cc3ccc(C)cc3)n(CCc3c[nH]c4ccccc34)c2=O)cc1. The van der Waals surface area contributed by atoms with Crippen LogP contribution in [0.4, 0.5) is 0 Å². The smallest absolute Gasteiger partial charge is 0.346 e. The van der Waals surface area contributed by atoms with Crippen LogP contribution in [0.25, 0.3) is 10.9 Å². The molecule has 5 rings (SSSR count). The molecule has 0 saturated carbocycles. The highest BCUT2D eigenvalue weighted by Gasteiger charge is 2.17. The number of carbonyl (C=O) groups is 1. The van der Waals surface area contributed by atoms with Gasteiger partial charge in [-0.3, -0.25) is 9.36 Å². The summed E-state index contributed by atoms with van der Waals surface area (Å²) in [6.45, 7) is 2.24. The summed E-state index contributed by atoms with van der Waals surface area (Å²) in [4.78, 5) is 29.3. The molecule has 0 spiro atoms. The van der Waals surface area contributed by atoms with Gasteiger partial charge in [-0.2, -0.15) is 10.2 Å². The van der Waals surface area contributed by atoms with Crippen molar-refractivity contribution in [3.63, 3.8) is 0 Å². The van der Waals surface area contributed by atoms with Crippen LogP contribution in [-0.2, 0) is 30.7 Å². The number of para-hydroxylation sites is 1. The first-order valence-corrected chi connectivity index (χ1v) is 12.7. The van der Waals surface area contributed by atoms with Crippen molar-refractivity contribution < 1.29 is 9.53 Å². The largest absolute Gasteiger partial charge is 0.497 e. The fraction of sp³-hybridized carbons (Fsp3) is 0.200. The Morgan fingerprint density at radius 1 is 1.08 bits per heavy atom. The van der Waals surface area contributed by atoms with E-state index in [4.69, 9.17) is 4.74 Å². The molecule has 0 radical (unpaired) electrons. The number of aromatic nitrogens is 4. The molecule has 0 fully saturated rings. The average Bonchev–Trinajstić information content (AvgIpc) is 3.49. The lowest BCUT2D eigenvalue weighted by molar-refractivity contribution is -0.121. The fourth-order valence-electron chi connectivity index (χ4n) is 4.44. The Morgan fingerprint density at radius 3 is 2.62 bits per heavy atom. The molecule has 0 aliphatic carbocycles. The second kappa shape index (κ2) is 11.6. The lowest BCUT2D eigenvalue weighted by atomic mass is 10.1. The molecule has 0 bridgehead atoms. The van der Waals surface area contributed by atoms with E-state index in [9.17, 15) is 9.59 Å². The van der Waals surface area contributed by atoms with Crippen LogP contribution in [0.3, 0.4) is 0 Å². The average molecular weight is 523 g/mol. The first kappa shape index (κ1) is 25.7. The second-order valence-corrected chi connectivity index (χ2v) is 9.35. The molecule has 0 saturated heterocycles. The Bertz CT molecular complexity index is 1660. The molecule has 9 nitrogen and oxygen atoms in total. The normalized spacial score (nSPS) is 11.3. The van der Waals surface area contributed by atoms with Crippen molar-refractivity contribution in [3.8, 4) is 5.75 Å². The van der Waals surface area contributed by atoms with E-state index in [1.165, 1.54) is 10.9 Å². The molecule has 0 atom stereocenters. The number of hydrogen-bond acceptors (Lipinski definition) is 5. The minimum atomic E-state index is -0.440. The van der Waals surface area contributed by atoms with E-state index < -0.39 is 5.91 Å². The predicted octanol–water partition coefficient (Wildman–Crippen LogP) is 3.83. The number of carbonyl (C=O) groups excluding carboxylic acids is 1. The van der Waals surface area contributed by atoms with E-state index in [1.807, 2.05) is 67.7 Å². The second-order valence-electron chi connectivity index (χ2n) is 9.35. The third-order valence-corrected chi connectivity index (χ3v) is 6.57. The van der Waals surface area contributed by atoms with Crippen LogP contribution in [0.15, 0.2) is 88.9 Å². The van der Waals surface area contributed by atoms with E-state index in [0.29, 0.717) is 25.2 Å². The zero-order valence-electron chi connectivity index (χ0n) is 21.9. The van der Waals surface area contributed by atoms with Gasteiger partial charge in [-0.1, -0.05) is 48.0 Å². The number of aryl methyl sites for hydroxylation is 2. The fourth-order valence-corrected chi connectivity index (χ4v) is 4.44. The number of amides is 1. The van der Waals surface area contributed by atoms with Crippen LogP contribution in [0.5, 0.6) is 5.75 Å². The summed E-state index contributed by atoms with van der Waals surface area (Å²) in [5.41, 5.74) is 7.34. The highest BCUT2D eigenvalue weighted by Crippen LogP contribution is 2.19.